The highest BCUT2D eigenvalue weighted by Crippen LogP contribution is 2.23. The molecular weight excluding hydrogens is 256 g/mol. The number of halogens is 1. The minimum Gasteiger partial charge on any atom is -0.399 e. The molecule has 1 aromatic rings. The van der Waals surface area contributed by atoms with Crippen LogP contribution in [0.5, 0.6) is 0 Å². The summed E-state index contributed by atoms with van der Waals surface area (Å²) in [4.78, 5) is 11.5. The Morgan fingerprint density at radius 3 is 2.78 bits per heavy atom. The van der Waals surface area contributed by atoms with Crippen LogP contribution in [0.4, 0.5) is 11.4 Å². The largest absolute Gasteiger partial charge is 0.399 e. The summed E-state index contributed by atoms with van der Waals surface area (Å²) < 4.78 is 10.2. The molecule has 100 valence electrons. The second-order valence-electron chi connectivity index (χ2n) is 3.54. The number of amides is 1. The molecule has 0 saturated carbocycles. The second-order valence-corrected chi connectivity index (χ2v) is 3.94. The normalized spacial score (nSPS) is 10.3. The van der Waals surface area contributed by atoms with Crippen molar-refractivity contribution in [2.75, 3.05) is 37.5 Å². The Balaban J connectivity index is 2.31. The van der Waals surface area contributed by atoms with Gasteiger partial charge in [0.25, 0.3) is 0 Å². The van der Waals surface area contributed by atoms with E-state index in [9.17, 15) is 4.79 Å². The van der Waals surface area contributed by atoms with Gasteiger partial charge in [-0.1, -0.05) is 11.6 Å². The van der Waals surface area contributed by atoms with Crippen molar-refractivity contribution >= 4 is 28.9 Å². The molecule has 0 saturated heterocycles. The van der Waals surface area contributed by atoms with Gasteiger partial charge in [-0.15, -0.1) is 0 Å². The van der Waals surface area contributed by atoms with Gasteiger partial charge in [0.05, 0.1) is 23.9 Å². The molecule has 0 aliphatic carbocycles. The van der Waals surface area contributed by atoms with Gasteiger partial charge >= 0.3 is 0 Å². The summed E-state index contributed by atoms with van der Waals surface area (Å²) in [5, 5.41) is 3.04. The molecule has 0 aliphatic heterocycles. The third-order valence-electron chi connectivity index (χ3n) is 2.08. The predicted molar refractivity (Wildman–Crippen MR) is 71.8 cm³/mol. The summed E-state index contributed by atoms with van der Waals surface area (Å²) in [5.41, 5.74) is 6.61. The van der Waals surface area contributed by atoms with Crippen LogP contribution in [0, 0.1) is 0 Å². The molecule has 5 nitrogen and oxygen atoms in total. The minimum atomic E-state index is -0.266. The molecule has 18 heavy (non-hydrogen) atoms. The van der Waals surface area contributed by atoms with Gasteiger partial charge in [0.2, 0.25) is 5.91 Å². The molecule has 0 aromatic heterocycles. The first-order valence-electron chi connectivity index (χ1n) is 5.64. The average molecular weight is 273 g/mol. The fraction of sp³-hybridized carbons (Fsp3) is 0.417. The highest BCUT2D eigenvalue weighted by Gasteiger charge is 2.06. The van der Waals surface area contributed by atoms with Crippen molar-refractivity contribution in [3.63, 3.8) is 0 Å². The first kappa shape index (κ1) is 14.8. The summed E-state index contributed by atoms with van der Waals surface area (Å²) in [5.74, 6) is -0.266. The van der Waals surface area contributed by atoms with Crippen LogP contribution in [-0.2, 0) is 14.3 Å². The first-order chi connectivity index (χ1) is 8.63. The van der Waals surface area contributed by atoms with Crippen LogP contribution in [-0.4, -0.2) is 32.3 Å². The Bertz CT molecular complexity index is 399. The number of carbonyl (C=O) groups excluding carboxylic acids is 1. The highest BCUT2D eigenvalue weighted by atomic mass is 35.5. The number of anilines is 2. The molecule has 0 spiro atoms. The standard InChI is InChI=1S/C12H17ClN2O3/c1-2-17-5-6-18-8-12(16)15-11-4-3-9(14)7-10(11)13/h3-4,7H,2,5-6,8,14H2,1H3,(H,15,16). The molecule has 1 rings (SSSR count). The van der Waals surface area contributed by atoms with Gasteiger partial charge in [-0.05, 0) is 25.1 Å². The topological polar surface area (TPSA) is 73.6 Å². The Morgan fingerprint density at radius 1 is 1.39 bits per heavy atom. The maximum absolute atomic E-state index is 11.5. The lowest BCUT2D eigenvalue weighted by atomic mass is 10.3. The number of hydrogen-bond donors (Lipinski definition) is 2. The van der Waals surface area contributed by atoms with Crippen LogP contribution in [0.2, 0.25) is 5.02 Å². The number of nitrogen functional groups attached to an aromatic ring is 1. The van der Waals surface area contributed by atoms with Crippen LogP contribution >= 0.6 is 11.6 Å². The number of carbonyl (C=O) groups is 1. The average Bonchev–Trinajstić information content (AvgIpc) is 2.32. The third-order valence-corrected chi connectivity index (χ3v) is 2.39. The predicted octanol–water partition coefficient (Wildman–Crippen LogP) is 1.91. The molecule has 3 N–H and O–H groups in total. The van der Waals surface area contributed by atoms with Gasteiger partial charge in [-0.3, -0.25) is 4.79 Å². The molecule has 0 unspecified atom stereocenters. The van der Waals surface area contributed by atoms with Gasteiger partial charge in [-0.25, -0.2) is 0 Å². The van der Waals surface area contributed by atoms with Gasteiger partial charge in [0.1, 0.15) is 6.61 Å². The maximum Gasteiger partial charge on any atom is 0.250 e. The lowest BCUT2D eigenvalue weighted by molar-refractivity contribution is -0.121. The second kappa shape index (κ2) is 7.92. The summed E-state index contributed by atoms with van der Waals surface area (Å²) in [6, 6.07) is 4.89. The van der Waals surface area contributed by atoms with E-state index in [-0.39, 0.29) is 12.5 Å². The van der Waals surface area contributed by atoms with E-state index in [2.05, 4.69) is 5.32 Å². The fourth-order valence-electron chi connectivity index (χ4n) is 1.25. The van der Waals surface area contributed by atoms with Crippen LogP contribution in [0.1, 0.15) is 6.92 Å². The molecule has 0 radical (unpaired) electrons. The van der Waals surface area contributed by atoms with Crippen LogP contribution < -0.4 is 11.1 Å². The monoisotopic (exact) mass is 272 g/mol. The Labute approximate surface area is 111 Å². The Hall–Kier alpha value is -1.30. The smallest absolute Gasteiger partial charge is 0.250 e. The number of rotatable bonds is 7. The van der Waals surface area contributed by atoms with Crippen molar-refractivity contribution in [1.29, 1.82) is 0 Å². The molecule has 0 aliphatic rings. The Kier molecular flexibility index (Phi) is 6.49. The van der Waals surface area contributed by atoms with Crippen LogP contribution in [0.15, 0.2) is 18.2 Å². The molecule has 0 heterocycles. The zero-order valence-corrected chi connectivity index (χ0v) is 11.0. The van der Waals surface area contributed by atoms with Crippen molar-refractivity contribution < 1.29 is 14.3 Å². The van der Waals surface area contributed by atoms with Crippen molar-refractivity contribution in [1.82, 2.24) is 0 Å². The van der Waals surface area contributed by atoms with Gasteiger partial charge in [0, 0.05) is 12.3 Å². The van der Waals surface area contributed by atoms with Crippen molar-refractivity contribution in [3.8, 4) is 0 Å². The lowest BCUT2D eigenvalue weighted by Gasteiger charge is -2.08. The van der Waals surface area contributed by atoms with Crippen LogP contribution in [0.3, 0.4) is 0 Å². The zero-order valence-electron chi connectivity index (χ0n) is 10.2. The van der Waals surface area contributed by atoms with E-state index in [1.807, 2.05) is 6.92 Å². The maximum atomic E-state index is 11.5. The molecule has 0 fully saturated rings. The van der Waals surface area contributed by atoms with E-state index in [1.54, 1.807) is 18.2 Å². The summed E-state index contributed by atoms with van der Waals surface area (Å²) in [7, 11) is 0. The van der Waals surface area contributed by atoms with E-state index >= 15 is 0 Å². The first-order valence-corrected chi connectivity index (χ1v) is 6.01. The molecule has 0 bridgehead atoms. The van der Waals surface area contributed by atoms with E-state index in [4.69, 9.17) is 26.8 Å². The summed E-state index contributed by atoms with van der Waals surface area (Å²) in [6.45, 7) is 3.36. The highest BCUT2D eigenvalue weighted by molar-refractivity contribution is 6.34. The molecule has 1 amide bonds. The van der Waals surface area contributed by atoms with Crippen molar-refractivity contribution in [3.05, 3.63) is 23.2 Å². The van der Waals surface area contributed by atoms with Crippen molar-refractivity contribution in [2.24, 2.45) is 0 Å². The van der Waals surface area contributed by atoms with E-state index in [1.165, 1.54) is 0 Å². The number of benzene rings is 1. The lowest BCUT2D eigenvalue weighted by Crippen LogP contribution is -2.20. The third kappa shape index (κ3) is 5.35. The molecular formula is C12H17ClN2O3. The number of nitrogens with two attached hydrogens (primary N) is 1. The number of nitrogens with one attached hydrogen (secondary N) is 1. The Morgan fingerprint density at radius 2 is 2.11 bits per heavy atom. The van der Waals surface area contributed by atoms with Crippen molar-refractivity contribution in [2.45, 2.75) is 6.92 Å². The number of ether oxygens (including phenoxy) is 2. The SMILES string of the molecule is CCOCCOCC(=O)Nc1ccc(N)cc1Cl. The minimum absolute atomic E-state index is 0.0339. The quantitative estimate of drug-likeness (QED) is 0.587. The van der Waals surface area contributed by atoms with Gasteiger partial charge < -0.3 is 20.5 Å². The summed E-state index contributed by atoms with van der Waals surface area (Å²) in [6.07, 6.45) is 0. The molecule has 0 atom stereocenters. The zero-order chi connectivity index (χ0) is 13.4. The molecule has 1 aromatic carbocycles. The fourth-order valence-corrected chi connectivity index (χ4v) is 1.48. The van der Waals surface area contributed by atoms with Gasteiger partial charge in [0.15, 0.2) is 0 Å². The van der Waals surface area contributed by atoms with Gasteiger partial charge in [-0.2, -0.15) is 0 Å². The van der Waals surface area contributed by atoms with E-state index in [0.29, 0.717) is 36.2 Å². The van der Waals surface area contributed by atoms with E-state index in [0.717, 1.165) is 0 Å². The van der Waals surface area contributed by atoms with E-state index < -0.39 is 0 Å². The van der Waals surface area contributed by atoms with Crippen LogP contribution in [0.25, 0.3) is 0 Å². The molecule has 6 heteroatoms. The number of hydrogen-bond acceptors (Lipinski definition) is 4. The summed E-state index contributed by atoms with van der Waals surface area (Å²) >= 11 is 5.92.